The number of carbonyl (C=O) groups is 1. The normalized spacial score (nSPS) is 16.6. The van der Waals surface area contributed by atoms with Gasteiger partial charge < -0.3 is 10.4 Å². The molecule has 3 rings (SSSR count). The van der Waals surface area contributed by atoms with E-state index in [4.69, 9.17) is 0 Å². The molecule has 0 aliphatic heterocycles. The predicted octanol–water partition coefficient (Wildman–Crippen LogP) is 2.77. The molecule has 1 saturated carbocycles. The minimum atomic E-state index is -0.715. The molecule has 1 heterocycles. The molecule has 0 atom stereocenters. The number of aliphatic hydroxyl groups is 1. The highest BCUT2D eigenvalue weighted by atomic mass is 32.1. The van der Waals surface area contributed by atoms with E-state index < -0.39 is 5.60 Å². The largest absolute Gasteiger partial charge is 0.388 e. The van der Waals surface area contributed by atoms with Crippen LogP contribution in [-0.2, 0) is 6.42 Å². The summed E-state index contributed by atoms with van der Waals surface area (Å²) in [5.74, 6) is -0.142. The molecule has 2 aromatic rings. The number of carbonyl (C=O) groups excluding carboxylic acids is 1. The maximum absolute atomic E-state index is 12.2. The van der Waals surface area contributed by atoms with E-state index >= 15 is 0 Å². The molecule has 1 amide bonds. The number of hydrogen-bond donors (Lipinski definition) is 2. The summed E-state index contributed by atoms with van der Waals surface area (Å²) < 4.78 is 0. The Kier molecular flexibility index (Phi) is 4.55. The molecule has 0 saturated heterocycles. The Hall–Kier alpha value is -1.72. The van der Waals surface area contributed by atoms with Gasteiger partial charge in [-0.15, -0.1) is 11.3 Å². The van der Waals surface area contributed by atoms with Crippen LogP contribution in [0.25, 0.3) is 0 Å². The SMILES string of the molecule is O=C(NCC1(O)CCCC1)c1cnc(Cc2ccccc2)s1. The lowest BCUT2D eigenvalue weighted by molar-refractivity contribution is 0.0450. The lowest BCUT2D eigenvalue weighted by Crippen LogP contribution is -2.40. The molecule has 1 aliphatic rings. The van der Waals surface area contributed by atoms with Crippen molar-refractivity contribution in [3.63, 3.8) is 0 Å². The molecule has 0 radical (unpaired) electrons. The monoisotopic (exact) mass is 316 g/mol. The quantitative estimate of drug-likeness (QED) is 0.891. The summed E-state index contributed by atoms with van der Waals surface area (Å²) in [5, 5.41) is 14.0. The Balaban J connectivity index is 1.57. The van der Waals surface area contributed by atoms with E-state index in [0.29, 0.717) is 11.4 Å². The van der Waals surface area contributed by atoms with Gasteiger partial charge in [-0.25, -0.2) is 4.98 Å². The van der Waals surface area contributed by atoms with Crippen LogP contribution in [0, 0.1) is 0 Å². The van der Waals surface area contributed by atoms with E-state index in [9.17, 15) is 9.90 Å². The van der Waals surface area contributed by atoms with Crippen molar-refractivity contribution in [2.45, 2.75) is 37.7 Å². The number of rotatable bonds is 5. The van der Waals surface area contributed by atoms with Gasteiger partial charge in [-0.2, -0.15) is 0 Å². The molecule has 22 heavy (non-hydrogen) atoms. The van der Waals surface area contributed by atoms with E-state index in [0.717, 1.165) is 37.1 Å². The number of benzene rings is 1. The number of nitrogens with zero attached hydrogens (tertiary/aromatic N) is 1. The number of aromatic nitrogens is 1. The van der Waals surface area contributed by atoms with Crippen molar-refractivity contribution in [2.75, 3.05) is 6.54 Å². The summed E-state index contributed by atoms with van der Waals surface area (Å²) in [5.41, 5.74) is 0.469. The molecule has 1 aromatic heterocycles. The molecule has 116 valence electrons. The second-order valence-corrected chi connectivity index (χ2v) is 7.01. The Morgan fingerprint density at radius 1 is 1.27 bits per heavy atom. The first-order valence-corrected chi connectivity index (χ1v) is 8.45. The smallest absolute Gasteiger partial charge is 0.263 e. The van der Waals surface area contributed by atoms with Crippen LogP contribution in [0.1, 0.15) is 45.9 Å². The van der Waals surface area contributed by atoms with Crippen molar-refractivity contribution < 1.29 is 9.90 Å². The van der Waals surface area contributed by atoms with Gasteiger partial charge in [0.2, 0.25) is 0 Å². The van der Waals surface area contributed by atoms with E-state index in [1.54, 1.807) is 6.20 Å². The van der Waals surface area contributed by atoms with E-state index in [1.807, 2.05) is 18.2 Å². The van der Waals surface area contributed by atoms with Crippen molar-refractivity contribution in [2.24, 2.45) is 0 Å². The average Bonchev–Trinajstić information content (AvgIpc) is 3.16. The Labute approximate surface area is 134 Å². The van der Waals surface area contributed by atoms with Crippen molar-refractivity contribution in [3.05, 3.63) is 52.0 Å². The second-order valence-electron chi connectivity index (χ2n) is 5.89. The van der Waals surface area contributed by atoms with Crippen LogP contribution < -0.4 is 5.32 Å². The first-order valence-electron chi connectivity index (χ1n) is 7.64. The van der Waals surface area contributed by atoms with Crippen molar-refractivity contribution in [3.8, 4) is 0 Å². The van der Waals surface area contributed by atoms with Gasteiger partial charge in [0.15, 0.2) is 0 Å². The van der Waals surface area contributed by atoms with Gasteiger partial charge in [-0.3, -0.25) is 4.79 Å². The summed E-state index contributed by atoms with van der Waals surface area (Å²) in [6.07, 6.45) is 5.98. The van der Waals surface area contributed by atoms with E-state index in [1.165, 1.54) is 16.9 Å². The van der Waals surface area contributed by atoms with Gasteiger partial charge in [0.05, 0.1) is 16.8 Å². The van der Waals surface area contributed by atoms with Crippen molar-refractivity contribution >= 4 is 17.2 Å². The first kappa shape index (κ1) is 15.2. The fourth-order valence-corrected chi connectivity index (χ4v) is 3.68. The van der Waals surface area contributed by atoms with Gasteiger partial charge >= 0.3 is 0 Å². The van der Waals surface area contributed by atoms with Crippen LogP contribution in [-0.4, -0.2) is 28.1 Å². The molecule has 1 fully saturated rings. The molecular weight excluding hydrogens is 296 g/mol. The maximum Gasteiger partial charge on any atom is 0.263 e. The van der Waals surface area contributed by atoms with Crippen molar-refractivity contribution in [1.29, 1.82) is 0 Å². The zero-order chi connectivity index (χ0) is 15.4. The molecule has 2 N–H and O–H groups in total. The highest BCUT2D eigenvalue weighted by molar-refractivity contribution is 7.13. The molecule has 1 aromatic carbocycles. The third kappa shape index (κ3) is 3.72. The summed E-state index contributed by atoms with van der Waals surface area (Å²) in [4.78, 5) is 17.1. The van der Waals surface area contributed by atoms with Crippen molar-refractivity contribution in [1.82, 2.24) is 10.3 Å². The highest BCUT2D eigenvalue weighted by Gasteiger charge is 2.31. The Morgan fingerprint density at radius 2 is 2.00 bits per heavy atom. The zero-order valence-corrected chi connectivity index (χ0v) is 13.2. The molecule has 0 unspecified atom stereocenters. The average molecular weight is 316 g/mol. The third-order valence-corrected chi connectivity index (χ3v) is 5.08. The van der Waals surface area contributed by atoms with Gasteiger partial charge in [0.25, 0.3) is 5.91 Å². The fourth-order valence-electron chi connectivity index (χ4n) is 2.81. The summed E-state index contributed by atoms with van der Waals surface area (Å²) in [6, 6.07) is 10.1. The lowest BCUT2D eigenvalue weighted by atomic mass is 10.0. The number of thiazole rings is 1. The summed E-state index contributed by atoms with van der Waals surface area (Å²) in [7, 11) is 0. The topological polar surface area (TPSA) is 62.2 Å². The van der Waals surface area contributed by atoms with E-state index in [-0.39, 0.29) is 5.91 Å². The Bertz CT molecular complexity index is 633. The van der Waals surface area contributed by atoms with Gasteiger partial charge in [0, 0.05) is 13.0 Å². The fraction of sp³-hybridized carbons (Fsp3) is 0.412. The van der Waals surface area contributed by atoms with E-state index in [2.05, 4.69) is 22.4 Å². The summed E-state index contributed by atoms with van der Waals surface area (Å²) >= 11 is 1.41. The second kappa shape index (κ2) is 6.58. The summed E-state index contributed by atoms with van der Waals surface area (Å²) in [6.45, 7) is 0.331. The number of hydrogen-bond acceptors (Lipinski definition) is 4. The minimum absolute atomic E-state index is 0.142. The molecule has 0 spiro atoms. The zero-order valence-electron chi connectivity index (χ0n) is 12.4. The van der Waals surface area contributed by atoms with Gasteiger partial charge in [-0.1, -0.05) is 43.2 Å². The van der Waals surface area contributed by atoms with Gasteiger partial charge in [0.1, 0.15) is 4.88 Å². The molecule has 5 heteroatoms. The van der Waals surface area contributed by atoms with Gasteiger partial charge in [-0.05, 0) is 18.4 Å². The first-order chi connectivity index (χ1) is 10.6. The van der Waals surface area contributed by atoms with Crippen LogP contribution >= 0.6 is 11.3 Å². The third-order valence-electron chi connectivity index (χ3n) is 4.09. The lowest BCUT2D eigenvalue weighted by Gasteiger charge is -2.21. The van der Waals surface area contributed by atoms with Crippen LogP contribution in [0.5, 0.6) is 0 Å². The maximum atomic E-state index is 12.2. The van der Waals surface area contributed by atoms with Crippen LogP contribution in [0.2, 0.25) is 0 Å². The molecular formula is C17H20N2O2S. The standard InChI is InChI=1S/C17H20N2O2S/c20-16(19-12-17(21)8-4-5-9-17)14-11-18-15(22-14)10-13-6-2-1-3-7-13/h1-3,6-7,11,21H,4-5,8-10,12H2,(H,19,20). The number of amides is 1. The van der Waals surface area contributed by atoms with Crippen LogP contribution in [0.4, 0.5) is 0 Å². The predicted molar refractivity (Wildman–Crippen MR) is 87.1 cm³/mol. The Morgan fingerprint density at radius 3 is 2.73 bits per heavy atom. The molecule has 0 bridgehead atoms. The minimum Gasteiger partial charge on any atom is -0.388 e. The highest BCUT2D eigenvalue weighted by Crippen LogP contribution is 2.28. The van der Waals surface area contributed by atoms with Crippen LogP contribution in [0.3, 0.4) is 0 Å². The van der Waals surface area contributed by atoms with Crippen LogP contribution in [0.15, 0.2) is 36.5 Å². The molecule has 1 aliphatic carbocycles. The molecule has 4 nitrogen and oxygen atoms in total. The number of nitrogens with one attached hydrogen (secondary N) is 1.